The second-order valence-corrected chi connectivity index (χ2v) is 3.38. The smallest absolute Gasteiger partial charge is 0.185 e. The molecule has 0 radical (unpaired) electrons. The van der Waals surface area contributed by atoms with Gasteiger partial charge in [0.25, 0.3) is 0 Å². The van der Waals surface area contributed by atoms with Gasteiger partial charge in [0.2, 0.25) is 0 Å². The Bertz CT molecular complexity index is 123. The summed E-state index contributed by atoms with van der Waals surface area (Å²) in [5.41, 5.74) is 10.2. The molecule has 1 atom stereocenters. The molecular weight excluding hydrogens is 162 g/mol. The predicted molar refractivity (Wildman–Crippen MR) is 49.7 cm³/mol. The van der Waals surface area contributed by atoms with Gasteiger partial charge in [0.1, 0.15) is 0 Å². The number of nitrogens with zero attached hydrogens (tertiary/aromatic N) is 1. The number of aliphatic imine (C=N–C) groups is 1. The van der Waals surface area contributed by atoms with E-state index in [2.05, 4.69) is 4.99 Å². The van der Waals surface area contributed by atoms with Crippen LogP contribution >= 0.6 is 11.8 Å². The number of hydrogen-bond acceptors (Lipinski definition) is 3. The third-order valence-corrected chi connectivity index (χ3v) is 2.08. The third-order valence-electron chi connectivity index (χ3n) is 0.889. The fourth-order valence-corrected chi connectivity index (χ4v) is 1.22. The Morgan fingerprint density at radius 3 is 2.73 bits per heavy atom. The van der Waals surface area contributed by atoms with Crippen molar-refractivity contribution in [3.05, 3.63) is 0 Å². The Balaban J connectivity index is 3.09. The average Bonchev–Trinajstić information content (AvgIpc) is 1.85. The molecule has 66 valence electrons. The van der Waals surface area contributed by atoms with Crippen LogP contribution in [-0.4, -0.2) is 35.2 Å². The van der Waals surface area contributed by atoms with Crippen LogP contribution < -0.4 is 11.5 Å². The summed E-state index contributed by atoms with van der Waals surface area (Å²) in [7, 11) is 0. The van der Waals surface area contributed by atoms with Crippen molar-refractivity contribution in [2.45, 2.75) is 13.0 Å². The van der Waals surface area contributed by atoms with Gasteiger partial charge < -0.3 is 16.6 Å². The van der Waals surface area contributed by atoms with E-state index in [-0.39, 0.29) is 12.1 Å². The van der Waals surface area contributed by atoms with Gasteiger partial charge in [-0.15, -0.1) is 0 Å². The monoisotopic (exact) mass is 177 g/mol. The molecule has 5 N–H and O–H groups in total. The lowest BCUT2D eigenvalue weighted by molar-refractivity contribution is 0.220. The van der Waals surface area contributed by atoms with Gasteiger partial charge >= 0.3 is 0 Å². The fraction of sp³-hybridized carbons (Fsp3) is 0.833. The third kappa shape index (κ3) is 9.58. The molecule has 0 saturated heterocycles. The molecule has 0 aromatic heterocycles. The zero-order chi connectivity index (χ0) is 8.69. The summed E-state index contributed by atoms with van der Waals surface area (Å²) in [6.45, 7) is 2.38. The van der Waals surface area contributed by atoms with E-state index >= 15 is 0 Å². The standard InChI is InChI=1S/C6H15N3OS/c1-5(10)4-11-3-2-9-6(7)8/h5,10H,2-4H2,1H3,(H4,7,8,9). The summed E-state index contributed by atoms with van der Waals surface area (Å²) in [4.78, 5) is 3.79. The molecule has 0 rings (SSSR count). The second kappa shape index (κ2) is 6.30. The Morgan fingerprint density at radius 1 is 1.64 bits per heavy atom. The number of rotatable bonds is 5. The van der Waals surface area contributed by atoms with E-state index in [1.54, 1.807) is 18.7 Å². The number of aliphatic hydroxyl groups is 1. The fourth-order valence-electron chi connectivity index (χ4n) is 0.493. The number of nitrogens with two attached hydrogens (primary N) is 2. The van der Waals surface area contributed by atoms with Crippen LogP contribution in [0.3, 0.4) is 0 Å². The van der Waals surface area contributed by atoms with Crippen LogP contribution in [0.25, 0.3) is 0 Å². The number of guanidine groups is 1. The quantitative estimate of drug-likeness (QED) is 0.297. The van der Waals surface area contributed by atoms with E-state index in [1.165, 1.54) is 0 Å². The van der Waals surface area contributed by atoms with Crippen molar-refractivity contribution in [2.75, 3.05) is 18.1 Å². The molecule has 0 aromatic rings. The van der Waals surface area contributed by atoms with Crippen LogP contribution in [-0.2, 0) is 0 Å². The lowest BCUT2D eigenvalue weighted by atomic mass is 10.5. The highest BCUT2D eigenvalue weighted by atomic mass is 32.2. The molecule has 0 spiro atoms. The van der Waals surface area contributed by atoms with Gasteiger partial charge in [-0.1, -0.05) is 0 Å². The molecule has 0 bridgehead atoms. The summed E-state index contributed by atoms with van der Waals surface area (Å²) in [6, 6.07) is 0. The minimum Gasteiger partial charge on any atom is -0.393 e. The molecular formula is C6H15N3OS. The van der Waals surface area contributed by atoms with Crippen LogP contribution in [0.15, 0.2) is 4.99 Å². The van der Waals surface area contributed by atoms with E-state index in [1.807, 2.05) is 0 Å². The van der Waals surface area contributed by atoms with Crippen molar-refractivity contribution in [3.63, 3.8) is 0 Å². The van der Waals surface area contributed by atoms with Gasteiger partial charge in [-0.05, 0) is 6.92 Å². The van der Waals surface area contributed by atoms with Crippen LogP contribution in [0.5, 0.6) is 0 Å². The average molecular weight is 177 g/mol. The van der Waals surface area contributed by atoms with Crippen molar-refractivity contribution < 1.29 is 5.11 Å². The first-order chi connectivity index (χ1) is 5.13. The van der Waals surface area contributed by atoms with Gasteiger partial charge in [-0.2, -0.15) is 11.8 Å². The highest BCUT2D eigenvalue weighted by molar-refractivity contribution is 7.99. The number of aliphatic hydroxyl groups excluding tert-OH is 1. The van der Waals surface area contributed by atoms with Crippen LogP contribution in [0, 0.1) is 0 Å². The maximum absolute atomic E-state index is 8.85. The first-order valence-corrected chi connectivity index (χ1v) is 4.59. The molecule has 1 unspecified atom stereocenters. The maximum Gasteiger partial charge on any atom is 0.185 e. The summed E-state index contributed by atoms with van der Waals surface area (Å²) < 4.78 is 0. The minimum absolute atomic E-state index is 0.127. The lowest BCUT2D eigenvalue weighted by Gasteiger charge is -2.01. The predicted octanol–water partition coefficient (Wildman–Crippen LogP) is -0.626. The van der Waals surface area contributed by atoms with E-state index in [4.69, 9.17) is 16.6 Å². The lowest BCUT2D eigenvalue weighted by Crippen LogP contribution is -2.23. The number of thioether (sulfide) groups is 1. The zero-order valence-corrected chi connectivity index (χ0v) is 7.47. The van der Waals surface area contributed by atoms with Crippen molar-refractivity contribution in [1.82, 2.24) is 0 Å². The van der Waals surface area contributed by atoms with E-state index in [0.29, 0.717) is 6.54 Å². The molecule has 0 aromatic carbocycles. The van der Waals surface area contributed by atoms with Crippen molar-refractivity contribution >= 4 is 17.7 Å². The maximum atomic E-state index is 8.85. The molecule has 0 aliphatic heterocycles. The summed E-state index contributed by atoms with van der Waals surface area (Å²) in [5.74, 6) is 1.71. The number of hydrogen-bond donors (Lipinski definition) is 3. The summed E-state index contributed by atoms with van der Waals surface area (Å²) >= 11 is 1.64. The molecule has 5 heteroatoms. The van der Waals surface area contributed by atoms with E-state index < -0.39 is 0 Å². The summed E-state index contributed by atoms with van der Waals surface area (Å²) in [6.07, 6.45) is -0.251. The van der Waals surface area contributed by atoms with Crippen LogP contribution in [0.2, 0.25) is 0 Å². The molecule has 0 amide bonds. The van der Waals surface area contributed by atoms with Gasteiger partial charge in [0, 0.05) is 11.5 Å². The van der Waals surface area contributed by atoms with Crippen molar-refractivity contribution in [2.24, 2.45) is 16.5 Å². The first-order valence-electron chi connectivity index (χ1n) is 3.44. The molecule has 0 saturated carbocycles. The van der Waals surface area contributed by atoms with E-state index in [9.17, 15) is 0 Å². The second-order valence-electron chi connectivity index (χ2n) is 2.23. The Labute approximate surface area is 71.1 Å². The Morgan fingerprint density at radius 2 is 2.27 bits per heavy atom. The van der Waals surface area contributed by atoms with E-state index in [0.717, 1.165) is 11.5 Å². The highest BCUT2D eigenvalue weighted by Crippen LogP contribution is 2.01. The molecule has 0 aliphatic rings. The SMILES string of the molecule is CC(O)CSCCN=C(N)N. The van der Waals surface area contributed by atoms with Crippen LogP contribution in [0.1, 0.15) is 6.92 Å². The molecule has 0 heterocycles. The summed E-state index contributed by atoms with van der Waals surface area (Å²) in [5, 5.41) is 8.85. The van der Waals surface area contributed by atoms with Crippen molar-refractivity contribution in [1.29, 1.82) is 0 Å². The highest BCUT2D eigenvalue weighted by Gasteiger charge is 1.94. The van der Waals surface area contributed by atoms with Gasteiger partial charge in [0.15, 0.2) is 5.96 Å². The molecule has 11 heavy (non-hydrogen) atoms. The van der Waals surface area contributed by atoms with Crippen LogP contribution in [0.4, 0.5) is 0 Å². The molecule has 0 fully saturated rings. The first kappa shape index (κ1) is 10.6. The minimum atomic E-state index is -0.251. The zero-order valence-electron chi connectivity index (χ0n) is 6.66. The largest absolute Gasteiger partial charge is 0.393 e. The topological polar surface area (TPSA) is 84.6 Å². The normalized spacial score (nSPS) is 12.5. The Hall–Kier alpha value is -0.420. The molecule has 0 aliphatic carbocycles. The molecule has 4 nitrogen and oxygen atoms in total. The van der Waals surface area contributed by atoms with Crippen molar-refractivity contribution in [3.8, 4) is 0 Å². The van der Waals surface area contributed by atoms with Gasteiger partial charge in [0.05, 0.1) is 12.6 Å². The van der Waals surface area contributed by atoms with Gasteiger partial charge in [-0.25, -0.2) is 0 Å². The van der Waals surface area contributed by atoms with Gasteiger partial charge in [-0.3, -0.25) is 4.99 Å². The Kier molecular flexibility index (Phi) is 6.06.